The standard InChI is InChI=1S/C31H36FN5O2/c1-20(2)25-35-26(36-39-25)29-10-7-28(8-11-29,9-12-29)19-37(27(38)30-16-31(32,17-30)18-30)24-6-4-5-22(13-24)23-14-33-21(3)34-15-23/h4-6,13-15,20H,7-12,16-19H2,1-3H3. The first-order valence-corrected chi connectivity index (χ1v) is 14.4. The second kappa shape index (κ2) is 8.42. The molecular weight excluding hydrogens is 493 g/mol. The van der Waals surface area contributed by atoms with Crippen molar-refractivity contribution in [2.45, 2.75) is 95.6 Å². The van der Waals surface area contributed by atoms with Crippen LogP contribution < -0.4 is 4.90 Å². The molecule has 0 unspecified atom stereocenters. The van der Waals surface area contributed by atoms with Crippen molar-refractivity contribution in [3.63, 3.8) is 0 Å². The monoisotopic (exact) mass is 529 g/mol. The van der Waals surface area contributed by atoms with Gasteiger partial charge in [0.15, 0.2) is 5.82 Å². The number of carbonyl (C=O) groups excluding carboxylic acids is 1. The zero-order chi connectivity index (χ0) is 27.0. The zero-order valence-corrected chi connectivity index (χ0v) is 23.0. The van der Waals surface area contributed by atoms with Crippen LogP contribution in [-0.2, 0) is 10.2 Å². The summed E-state index contributed by atoms with van der Waals surface area (Å²) in [7, 11) is 0. The molecule has 0 atom stereocenters. The summed E-state index contributed by atoms with van der Waals surface area (Å²) < 4.78 is 20.1. The van der Waals surface area contributed by atoms with Crippen LogP contribution in [0.4, 0.5) is 10.1 Å². The predicted octanol–water partition coefficient (Wildman–Crippen LogP) is 6.48. The highest BCUT2D eigenvalue weighted by Gasteiger charge is 2.73. The van der Waals surface area contributed by atoms with Crippen molar-refractivity contribution >= 4 is 11.6 Å². The summed E-state index contributed by atoms with van der Waals surface area (Å²) in [4.78, 5) is 29.6. The van der Waals surface area contributed by atoms with Crippen LogP contribution in [0, 0.1) is 17.8 Å². The maximum absolute atomic E-state index is 14.5. The number of hydrogen-bond acceptors (Lipinski definition) is 6. The maximum atomic E-state index is 14.5. The number of aryl methyl sites for hydroxylation is 1. The van der Waals surface area contributed by atoms with E-state index in [1.54, 1.807) is 0 Å². The van der Waals surface area contributed by atoms with Gasteiger partial charge in [0.2, 0.25) is 11.8 Å². The van der Waals surface area contributed by atoms with Crippen molar-refractivity contribution in [1.82, 2.24) is 20.1 Å². The number of halogens is 1. The molecule has 3 aromatic rings. The molecular formula is C31H36FN5O2. The van der Waals surface area contributed by atoms with Gasteiger partial charge in [-0.25, -0.2) is 14.4 Å². The molecule has 6 aliphatic rings. The number of anilines is 1. The number of alkyl halides is 1. The topological polar surface area (TPSA) is 85.0 Å². The van der Waals surface area contributed by atoms with E-state index < -0.39 is 11.1 Å². The fraction of sp³-hybridized carbons (Fsp3) is 0.581. The Morgan fingerprint density at radius 1 is 1.03 bits per heavy atom. The molecule has 6 fully saturated rings. The van der Waals surface area contributed by atoms with E-state index in [0.717, 1.165) is 67.0 Å². The average molecular weight is 530 g/mol. The van der Waals surface area contributed by atoms with Gasteiger partial charge in [-0.1, -0.05) is 31.1 Å². The Balaban J connectivity index is 1.17. The van der Waals surface area contributed by atoms with Crippen molar-refractivity contribution < 1.29 is 13.7 Å². The Morgan fingerprint density at radius 3 is 2.28 bits per heavy atom. The number of rotatable bonds is 7. The van der Waals surface area contributed by atoms with Gasteiger partial charge >= 0.3 is 0 Å². The lowest BCUT2D eigenvalue weighted by atomic mass is 9.41. The molecule has 1 aromatic carbocycles. The van der Waals surface area contributed by atoms with E-state index in [1.165, 1.54) is 0 Å². The molecule has 0 N–H and O–H groups in total. The predicted molar refractivity (Wildman–Crippen MR) is 145 cm³/mol. The SMILES string of the molecule is Cc1ncc(-c2cccc(N(CC34CCC(c5noc(C(C)C)n5)(CC3)CC4)C(=O)C34CC(F)(C3)C4)c2)cn1. The van der Waals surface area contributed by atoms with Crippen molar-refractivity contribution in [3.8, 4) is 11.1 Å². The van der Waals surface area contributed by atoms with E-state index in [0.29, 0.717) is 31.7 Å². The fourth-order valence-electron chi connectivity index (χ4n) is 7.71. The summed E-state index contributed by atoms with van der Waals surface area (Å²) in [5.74, 6) is 2.61. The van der Waals surface area contributed by atoms with Crippen LogP contribution in [-0.4, -0.2) is 38.2 Å². The molecule has 6 saturated carbocycles. The number of fused-ring (bicyclic) bond motifs is 3. The van der Waals surface area contributed by atoms with E-state index in [2.05, 4.69) is 35.0 Å². The molecule has 2 aromatic heterocycles. The molecule has 0 radical (unpaired) electrons. The molecule has 7 nitrogen and oxygen atoms in total. The van der Waals surface area contributed by atoms with Gasteiger partial charge in [0.25, 0.3) is 0 Å². The van der Waals surface area contributed by atoms with E-state index in [1.807, 2.05) is 42.4 Å². The Morgan fingerprint density at radius 2 is 1.69 bits per heavy atom. The smallest absolute Gasteiger partial charge is 0.233 e. The number of benzene rings is 1. The Kier molecular flexibility index (Phi) is 5.36. The Bertz CT molecular complexity index is 1390. The molecule has 39 heavy (non-hydrogen) atoms. The van der Waals surface area contributed by atoms with Crippen molar-refractivity contribution in [2.24, 2.45) is 10.8 Å². The first-order valence-electron chi connectivity index (χ1n) is 14.4. The number of carbonyl (C=O) groups is 1. The van der Waals surface area contributed by atoms with Gasteiger partial charge < -0.3 is 9.42 Å². The molecule has 6 aliphatic carbocycles. The lowest BCUT2D eigenvalue weighted by Crippen LogP contribution is -2.71. The van der Waals surface area contributed by atoms with E-state index in [4.69, 9.17) is 9.51 Å². The van der Waals surface area contributed by atoms with Crippen molar-refractivity contribution in [3.05, 3.63) is 54.2 Å². The normalized spacial score (nSPS) is 32.5. The van der Waals surface area contributed by atoms with Gasteiger partial charge in [-0.15, -0.1) is 0 Å². The van der Waals surface area contributed by atoms with Gasteiger partial charge in [0, 0.05) is 41.5 Å². The molecule has 9 rings (SSSR count). The highest BCUT2D eigenvalue weighted by Crippen LogP contribution is 2.70. The summed E-state index contributed by atoms with van der Waals surface area (Å²) >= 11 is 0. The quantitative estimate of drug-likeness (QED) is 0.348. The summed E-state index contributed by atoms with van der Waals surface area (Å²) in [6.45, 7) is 6.68. The molecule has 8 heteroatoms. The van der Waals surface area contributed by atoms with Gasteiger partial charge in [-0.3, -0.25) is 4.79 Å². The van der Waals surface area contributed by atoms with Crippen molar-refractivity contribution in [1.29, 1.82) is 0 Å². The van der Waals surface area contributed by atoms with Crippen LogP contribution in [0.2, 0.25) is 0 Å². The molecule has 4 bridgehead atoms. The molecule has 1 amide bonds. The largest absolute Gasteiger partial charge is 0.339 e. The average Bonchev–Trinajstić information content (AvgIpc) is 3.43. The van der Waals surface area contributed by atoms with Crippen LogP contribution in [0.5, 0.6) is 0 Å². The molecule has 2 heterocycles. The third-order valence-electron chi connectivity index (χ3n) is 10.2. The highest BCUT2D eigenvalue weighted by atomic mass is 19.1. The lowest BCUT2D eigenvalue weighted by molar-refractivity contribution is -0.211. The first-order chi connectivity index (χ1) is 18.6. The van der Waals surface area contributed by atoms with Crippen LogP contribution in [0.15, 0.2) is 41.2 Å². The van der Waals surface area contributed by atoms with Gasteiger partial charge in [0.1, 0.15) is 11.5 Å². The number of amides is 1. The molecule has 0 aliphatic heterocycles. The van der Waals surface area contributed by atoms with Gasteiger partial charge in [0.05, 0.1) is 5.41 Å². The van der Waals surface area contributed by atoms with Gasteiger partial charge in [-0.05, 0) is 87.8 Å². The second-order valence-corrected chi connectivity index (χ2v) is 13.3. The molecule has 204 valence electrons. The third kappa shape index (κ3) is 3.93. The lowest BCUT2D eigenvalue weighted by Gasteiger charge is -2.65. The highest BCUT2D eigenvalue weighted by molar-refractivity contribution is 6.00. The Labute approximate surface area is 228 Å². The Hall–Kier alpha value is -3.16. The number of nitrogens with zero attached hydrogens (tertiary/aromatic N) is 5. The first kappa shape index (κ1) is 24.9. The molecule has 0 spiro atoms. The van der Waals surface area contributed by atoms with E-state index in [9.17, 15) is 9.18 Å². The summed E-state index contributed by atoms with van der Waals surface area (Å²) in [5.41, 5.74) is 1.16. The van der Waals surface area contributed by atoms with Crippen LogP contribution in [0.25, 0.3) is 11.1 Å². The van der Waals surface area contributed by atoms with Crippen LogP contribution in [0.3, 0.4) is 0 Å². The van der Waals surface area contributed by atoms with Gasteiger partial charge in [-0.2, -0.15) is 4.98 Å². The summed E-state index contributed by atoms with van der Waals surface area (Å²) in [6, 6.07) is 8.12. The zero-order valence-electron chi connectivity index (χ0n) is 23.0. The molecule has 0 saturated heterocycles. The maximum Gasteiger partial charge on any atom is 0.233 e. The van der Waals surface area contributed by atoms with Crippen LogP contribution >= 0.6 is 0 Å². The number of aromatic nitrogens is 4. The van der Waals surface area contributed by atoms with Crippen LogP contribution in [0.1, 0.15) is 95.1 Å². The van der Waals surface area contributed by atoms with Crippen molar-refractivity contribution in [2.75, 3.05) is 11.4 Å². The minimum Gasteiger partial charge on any atom is -0.339 e. The fourth-order valence-corrected chi connectivity index (χ4v) is 7.71. The van der Waals surface area contributed by atoms with E-state index >= 15 is 0 Å². The second-order valence-electron chi connectivity index (χ2n) is 13.3. The minimum absolute atomic E-state index is 0.0208. The summed E-state index contributed by atoms with van der Waals surface area (Å²) in [6.07, 6.45) is 10.8. The third-order valence-corrected chi connectivity index (χ3v) is 10.2. The minimum atomic E-state index is -1.12. The summed E-state index contributed by atoms with van der Waals surface area (Å²) in [5, 5.41) is 4.40. The van der Waals surface area contributed by atoms with E-state index in [-0.39, 0.29) is 22.7 Å². The number of hydrogen-bond donors (Lipinski definition) is 0.